The smallest absolute Gasteiger partial charge is 0.263 e. The summed E-state index contributed by atoms with van der Waals surface area (Å²) in [7, 11) is 1.62. The fraction of sp³-hybridized carbons (Fsp3) is 0.452. The first kappa shape index (κ1) is 40.6. The number of benzene rings is 3. The second-order valence-corrected chi connectivity index (χ2v) is 12.7. The molecule has 0 aliphatic rings. The molecule has 9 heteroatoms. The minimum absolute atomic E-state index is 0.0584. The third kappa shape index (κ3) is 18.1. The van der Waals surface area contributed by atoms with Crippen molar-refractivity contribution in [3.8, 4) is 11.5 Å². The predicted molar refractivity (Wildman–Crippen MR) is 207 cm³/mol. The van der Waals surface area contributed by atoms with Gasteiger partial charge in [-0.05, 0) is 72.9 Å². The molecule has 276 valence electrons. The quantitative estimate of drug-likeness (QED) is 0.0386. The molecule has 1 atom stereocenters. The largest absolute Gasteiger partial charge is 0.497 e. The fourth-order valence-electron chi connectivity index (χ4n) is 5.48. The van der Waals surface area contributed by atoms with Crippen LogP contribution in [0.4, 0.5) is 5.69 Å². The van der Waals surface area contributed by atoms with E-state index in [9.17, 15) is 14.4 Å². The molecule has 0 heterocycles. The summed E-state index contributed by atoms with van der Waals surface area (Å²) in [4.78, 5) is 38.3. The molecule has 0 saturated heterocycles. The van der Waals surface area contributed by atoms with Gasteiger partial charge >= 0.3 is 0 Å². The van der Waals surface area contributed by atoms with Crippen LogP contribution in [0.5, 0.6) is 11.5 Å². The monoisotopic (exact) mass is 698 g/mol. The van der Waals surface area contributed by atoms with Gasteiger partial charge in [-0.2, -0.15) is 0 Å². The highest BCUT2D eigenvalue weighted by molar-refractivity contribution is 5.96. The van der Waals surface area contributed by atoms with E-state index in [2.05, 4.69) is 28.2 Å². The van der Waals surface area contributed by atoms with E-state index in [1.807, 2.05) is 54.6 Å². The SMILES string of the molecule is CCCCCCCCCCCCNC(=O)CCCOc1ccc(NC(NC(=O)/C=C\c2ccccc2)C(=O)NCCc2ccc(OC)cc2)cc1. The number of carbonyl (C=O) groups is 3. The summed E-state index contributed by atoms with van der Waals surface area (Å²) in [6, 6.07) is 24.3. The molecule has 0 aliphatic carbocycles. The lowest BCUT2D eigenvalue weighted by Gasteiger charge is -2.20. The molecule has 3 rings (SSSR count). The normalized spacial score (nSPS) is 11.5. The van der Waals surface area contributed by atoms with Crippen LogP contribution in [0.2, 0.25) is 0 Å². The van der Waals surface area contributed by atoms with Crippen molar-refractivity contribution < 1.29 is 23.9 Å². The van der Waals surface area contributed by atoms with Gasteiger partial charge < -0.3 is 30.7 Å². The van der Waals surface area contributed by atoms with E-state index < -0.39 is 12.1 Å². The minimum atomic E-state index is -1.01. The molecule has 0 spiro atoms. The number of carbonyl (C=O) groups excluding carboxylic acids is 3. The number of amides is 3. The van der Waals surface area contributed by atoms with Crippen LogP contribution < -0.4 is 30.7 Å². The Morgan fingerprint density at radius 3 is 2.02 bits per heavy atom. The van der Waals surface area contributed by atoms with Crippen LogP contribution in [0.3, 0.4) is 0 Å². The van der Waals surface area contributed by atoms with E-state index in [4.69, 9.17) is 9.47 Å². The van der Waals surface area contributed by atoms with Gasteiger partial charge in [0.25, 0.3) is 5.91 Å². The number of ether oxygens (including phenoxy) is 2. The summed E-state index contributed by atoms with van der Waals surface area (Å²) in [6.07, 6.45) is 16.5. The average molecular weight is 699 g/mol. The molecule has 3 aromatic carbocycles. The highest BCUT2D eigenvalue weighted by Gasteiger charge is 2.20. The van der Waals surface area contributed by atoms with Crippen molar-refractivity contribution in [2.75, 3.05) is 32.1 Å². The van der Waals surface area contributed by atoms with E-state index in [-0.39, 0.29) is 11.8 Å². The molecule has 3 amide bonds. The highest BCUT2D eigenvalue weighted by Crippen LogP contribution is 2.17. The van der Waals surface area contributed by atoms with Gasteiger partial charge in [0.05, 0.1) is 13.7 Å². The zero-order chi connectivity index (χ0) is 36.4. The van der Waals surface area contributed by atoms with Crippen molar-refractivity contribution in [1.29, 1.82) is 0 Å². The van der Waals surface area contributed by atoms with Crippen LogP contribution in [0.15, 0.2) is 84.9 Å². The van der Waals surface area contributed by atoms with Gasteiger partial charge in [-0.25, -0.2) is 0 Å². The maximum atomic E-state index is 13.2. The summed E-state index contributed by atoms with van der Waals surface area (Å²) >= 11 is 0. The van der Waals surface area contributed by atoms with Crippen molar-refractivity contribution >= 4 is 29.5 Å². The van der Waals surface area contributed by atoms with Gasteiger partial charge in [-0.3, -0.25) is 14.4 Å². The Balaban J connectivity index is 1.39. The van der Waals surface area contributed by atoms with Crippen molar-refractivity contribution in [2.24, 2.45) is 0 Å². The summed E-state index contributed by atoms with van der Waals surface area (Å²) < 4.78 is 11.1. The molecule has 51 heavy (non-hydrogen) atoms. The molecule has 3 aromatic rings. The third-order valence-electron chi connectivity index (χ3n) is 8.48. The van der Waals surface area contributed by atoms with E-state index in [0.29, 0.717) is 43.9 Å². The highest BCUT2D eigenvalue weighted by atomic mass is 16.5. The standard InChI is InChI=1S/C42H58N4O5/c1-3-4-5-6-7-8-9-10-11-15-31-43-39(47)19-16-33-51-38-27-23-36(24-28-38)45-41(46-40(48)29-22-34-17-13-12-14-18-34)42(49)44-32-30-35-20-25-37(50-2)26-21-35/h12-14,17-18,20-29,41,45H,3-11,15-16,19,30-33H2,1-2H3,(H,43,47)(H,44,49)(H,46,48)/b29-22-. The molecule has 0 aromatic heterocycles. The van der Waals surface area contributed by atoms with Crippen LogP contribution in [0.1, 0.15) is 95.1 Å². The van der Waals surface area contributed by atoms with Crippen LogP contribution >= 0.6 is 0 Å². The molecule has 0 saturated carbocycles. The average Bonchev–Trinajstić information content (AvgIpc) is 3.15. The van der Waals surface area contributed by atoms with Gasteiger partial charge in [-0.15, -0.1) is 0 Å². The van der Waals surface area contributed by atoms with E-state index in [0.717, 1.165) is 36.3 Å². The first-order valence-corrected chi connectivity index (χ1v) is 18.7. The number of anilines is 1. The Bertz CT molecular complexity index is 1430. The molecule has 4 N–H and O–H groups in total. The zero-order valence-electron chi connectivity index (χ0n) is 30.6. The third-order valence-corrected chi connectivity index (χ3v) is 8.48. The van der Waals surface area contributed by atoms with E-state index in [1.54, 1.807) is 37.5 Å². The topological polar surface area (TPSA) is 118 Å². The maximum Gasteiger partial charge on any atom is 0.263 e. The van der Waals surface area contributed by atoms with Crippen molar-refractivity contribution in [2.45, 2.75) is 96.6 Å². The van der Waals surface area contributed by atoms with Gasteiger partial charge in [0.1, 0.15) is 11.5 Å². The molecule has 0 bridgehead atoms. The fourth-order valence-corrected chi connectivity index (χ4v) is 5.48. The van der Waals surface area contributed by atoms with E-state index >= 15 is 0 Å². The molecule has 0 radical (unpaired) electrons. The first-order valence-electron chi connectivity index (χ1n) is 18.7. The van der Waals surface area contributed by atoms with Crippen molar-refractivity contribution in [1.82, 2.24) is 16.0 Å². The summed E-state index contributed by atoms with van der Waals surface area (Å²) in [5, 5.41) is 11.8. The van der Waals surface area contributed by atoms with Gasteiger partial charge in [0.15, 0.2) is 6.17 Å². The molecule has 0 fully saturated rings. The summed E-state index contributed by atoms with van der Waals surface area (Å²) in [6.45, 7) is 3.79. The Morgan fingerprint density at radius 2 is 1.35 bits per heavy atom. The molecule has 9 nitrogen and oxygen atoms in total. The number of nitrogens with one attached hydrogen (secondary N) is 4. The second kappa shape index (κ2) is 25.2. The lowest BCUT2D eigenvalue weighted by Crippen LogP contribution is -2.51. The lowest BCUT2D eigenvalue weighted by atomic mass is 10.1. The Morgan fingerprint density at radius 1 is 0.706 bits per heavy atom. The van der Waals surface area contributed by atoms with Crippen LogP contribution in [-0.2, 0) is 20.8 Å². The van der Waals surface area contributed by atoms with Crippen molar-refractivity contribution in [3.63, 3.8) is 0 Å². The minimum Gasteiger partial charge on any atom is -0.497 e. The van der Waals surface area contributed by atoms with Gasteiger partial charge in [0, 0.05) is 31.3 Å². The van der Waals surface area contributed by atoms with Gasteiger partial charge in [0.2, 0.25) is 11.8 Å². The molecular weight excluding hydrogens is 640 g/mol. The number of methoxy groups -OCH3 is 1. The Kier molecular flexibility index (Phi) is 20.1. The molecule has 0 aliphatic heterocycles. The van der Waals surface area contributed by atoms with Crippen molar-refractivity contribution in [3.05, 3.63) is 96.1 Å². The number of hydrogen-bond acceptors (Lipinski definition) is 6. The van der Waals surface area contributed by atoms with Crippen LogP contribution in [0, 0.1) is 0 Å². The van der Waals surface area contributed by atoms with Gasteiger partial charge in [-0.1, -0.05) is 107 Å². The lowest BCUT2D eigenvalue weighted by molar-refractivity contribution is -0.126. The zero-order valence-corrected chi connectivity index (χ0v) is 30.6. The molecular formula is C42H58N4O5. The predicted octanol–water partition coefficient (Wildman–Crippen LogP) is 7.82. The Labute approximate surface area is 305 Å². The number of hydrogen-bond donors (Lipinski definition) is 4. The summed E-state index contributed by atoms with van der Waals surface area (Å²) in [5.41, 5.74) is 2.56. The number of unbranched alkanes of at least 4 members (excludes halogenated alkanes) is 9. The molecule has 1 unspecified atom stereocenters. The second-order valence-electron chi connectivity index (χ2n) is 12.7. The number of rotatable bonds is 26. The van der Waals surface area contributed by atoms with Crippen LogP contribution in [-0.4, -0.2) is 50.7 Å². The Hall–Kier alpha value is -4.79. The van der Waals surface area contributed by atoms with E-state index in [1.165, 1.54) is 57.4 Å². The maximum absolute atomic E-state index is 13.2. The summed E-state index contributed by atoms with van der Waals surface area (Å²) in [5.74, 6) is 0.711. The first-order chi connectivity index (χ1) is 25.0. The van der Waals surface area contributed by atoms with Crippen LogP contribution in [0.25, 0.3) is 6.08 Å².